The van der Waals surface area contributed by atoms with Gasteiger partial charge in [0.05, 0.1) is 6.85 Å². The van der Waals surface area contributed by atoms with E-state index < -0.39 is 6.04 Å². The van der Waals surface area contributed by atoms with E-state index in [1.807, 2.05) is 84.9 Å². The predicted molar refractivity (Wildman–Crippen MR) is 144 cm³/mol. The minimum absolute atomic E-state index is 0.0850. The van der Waals surface area contributed by atoms with E-state index in [1.54, 1.807) is 6.07 Å². The molecule has 1 aromatic heterocycles. The van der Waals surface area contributed by atoms with Crippen LogP contribution in [0.15, 0.2) is 121 Å². The van der Waals surface area contributed by atoms with E-state index in [4.69, 9.17) is 23.4 Å². The van der Waals surface area contributed by atoms with Crippen LogP contribution in [0, 0.1) is 0 Å². The van der Waals surface area contributed by atoms with E-state index in [0.717, 1.165) is 33.0 Å². The molecule has 0 aliphatic rings. The number of rotatable bonds is 4. The second kappa shape index (κ2) is 9.13. The van der Waals surface area contributed by atoms with Crippen molar-refractivity contribution in [1.82, 2.24) is 15.0 Å². The number of fused-ring (bicyclic) bond motifs is 1. The molecule has 1 heterocycles. The van der Waals surface area contributed by atoms with E-state index in [1.165, 1.54) is 0 Å². The van der Waals surface area contributed by atoms with Gasteiger partial charge in [0.15, 0.2) is 11.6 Å². The van der Waals surface area contributed by atoms with Gasteiger partial charge in [0.2, 0.25) is 5.28 Å². The summed E-state index contributed by atoms with van der Waals surface area (Å²) in [5.74, 6) is 0.890. The lowest BCUT2D eigenvalue weighted by Gasteiger charge is -2.09. The van der Waals surface area contributed by atoms with Gasteiger partial charge < -0.3 is 0 Å². The van der Waals surface area contributed by atoms with E-state index in [0.29, 0.717) is 17.2 Å². The Labute approximate surface area is 215 Å². The zero-order valence-corrected chi connectivity index (χ0v) is 19.1. The molecule has 6 aromatic rings. The van der Waals surface area contributed by atoms with Crippen LogP contribution in [0.2, 0.25) is 5.28 Å². The lowest BCUT2D eigenvalue weighted by Crippen LogP contribution is -1.97. The van der Waals surface area contributed by atoms with Gasteiger partial charge in [-0.3, -0.25) is 0 Å². The van der Waals surface area contributed by atoms with Crippen LogP contribution in [0.5, 0.6) is 0 Å². The number of aromatic nitrogens is 3. The molecular weight excluding hydrogens is 450 g/mol. The van der Waals surface area contributed by atoms with Gasteiger partial charge in [-0.1, -0.05) is 103 Å². The molecule has 0 aliphatic carbocycles. The van der Waals surface area contributed by atoms with Crippen molar-refractivity contribution in [2.75, 3.05) is 0 Å². The number of nitrogens with zero attached hydrogens (tertiary/aromatic N) is 3. The largest absolute Gasteiger partial charge is 0.226 e. The van der Waals surface area contributed by atoms with Crippen LogP contribution in [0.3, 0.4) is 0 Å². The predicted octanol–water partition coefficient (Wildman–Crippen LogP) is 8.35. The summed E-state index contributed by atoms with van der Waals surface area (Å²) in [4.78, 5) is 13.5. The average molecular weight is 475 g/mol. The molecule has 0 aliphatic heterocycles. The number of hydrogen-bond donors (Lipinski definition) is 0. The van der Waals surface area contributed by atoms with Crippen LogP contribution in [0.1, 0.15) is 6.85 Å². The Morgan fingerprint density at radius 2 is 1.06 bits per heavy atom. The van der Waals surface area contributed by atoms with Gasteiger partial charge in [-0.2, -0.15) is 9.97 Å². The van der Waals surface area contributed by atoms with Crippen LogP contribution < -0.4 is 0 Å². The van der Waals surface area contributed by atoms with Gasteiger partial charge >= 0.3 is 0 Å². The molecule has 0 saturated heterocycles. The van der Waals surface area contributed by atoms with Gasteiger partial charge in [0.1, 0.15) is 0 Å². The fourth-order valence-electron chi connectivity index (χ4n) is 4.01. The van der Waals surface area contributed by atoms with E-state index >= 15 is 0 Å². The van der Waals surface area contributed by atoms with Gasteiger partial charge in [-0.15, -0.1) is 0 Å². The number of hydrogen-bond acceptors (Lipinski definition) is 3. The molecule has 5 aromatic carbocycles. The molecular formula is C31H20ClN3. The van der Waals surface area contributed by atoms with Gasteiger partial charge in [-0.25, -0.2) is 4.98 Å². The third kappa shape index (κ3) is 4.42. The lowest BCUT2D eigenvalue weighted by molar-refractivity contribution is 1.07. The molecule has 166 valence electrons. The Morgan fingerprint density at radius 3 is 1.80 bits per heavy atom. The highest BCUT2D eigenvalue weighted by atomic mass is 35.5. The topological polar surface area (TPSA) is 38.7 Å². The first-order chi connectivity index (χ1) is 19.3. The Hall–Kier alpha value is -4.34. The van der Waals surface area contributed by atoms with Crippen molar-refractivity contribution >= 4 is 22.4 Å². The molecule has 4 heteroatoms. The summed E-state index contributed by atoms with van der Waals surface area (Å²) < 4.78 is 40.4. The molecule has 3 nitrogen and oxygen atoms in total. The Balaban J connectivity index is 1.39. The third-order valence-electron chi connectivity index (χ3n) is 5.72. The summed E-state index contributed by atoms with van der Waals surface area (Å²) in [6.07, 6.45) is 0. The molecule has 0 amide bonds. The Bertz CT molecular complexity index is 1900. The zero-order chi connectivity index (χ0) is 28.0. The SMILES string of the molecule is [2H]c1c([2H])c([2H])c(-c2ccc3cc(-c4nc(Cl)nc(-c5cccc(-c6ccccc6)c5)n4)ccc3c2)c([2H])c1[2H]. The van der Waals surface area contributed by atoms with Crippen molar-refractivity contribution in [2.24, 2.45) is 0 Å². The van der Waals surface area contributed by atoms with E-state index in [-0.39, 0.29) is 35.0 Å². The van der Waals surface area contributed by atoms with Crippen LogP contribution in [0.25, 0.3) is 55.8 Å². The first-order valence-electron chi connectivity index (χ1n) is 13.5. The van der Waals surface area contributed by atoms with Crippen molar-refractivity contribution < 1.29 is 6.85 Å². The summed E-state index contributed by atoms with van der Waals surface area (Å²) in [5, 5.41) is 1.79. The maximum Gasteiger partial charge on any atom is 0.226 e. The van der Waals surface area contributed by atoms with Gasteiger partial charge in [0, 0.05) is 11.1 Å². The maximum absolute atomic E-state index is 8.29. The van der Waals surface area contributed by atoms with Crippen LogP contribution >= 0.6 is 11.6 Å². The van der Waals surface area contributed by atoms with Crippen LogP contribution in [0.4, 0.5) is 0 Å². The molecule has 0 saturated carbocycles. The standard InChI is InChI=1S/C31H20ClN3/c32-31-34-29(27-13-7-12-23(19-27)21-8-3-1-4-9-21)33-30(35-31)28-17-16-25-18-24(14-15-26(25)20-28)22-10-5-2-6-11-22/h1-20H/i2D,5D,6D,10D,11D. The normalized spacial score (nSPS) is 13.0. The fraction of sp³-hybridized carbons (Fsp3) is 0. The second-order valence-corrected chi connectivity index (χ2v) is 8.31. The number of halogens is 1. The molecule has 0 N–H and O–H groups in total. The molecule has 0 radical (unpaired) electrons. The van der Waals surface area contributed by atoms with Crippen molar-refractivity contribution in [2.45, 2.75) is 0 Å². The van der Waals surface area contributed by atoms with Crippen molar-refractivity contribution in [1.29, 1.82) is 0 Å². The average Bonchev–Trinajstić information content (AvgIpc) is 2.99. The first kappa shape index (κ1) is 16.3. The van der Waals surface area contributed by atoms with E-state index in [2.05, 4.69) is 9.97 Å². The third-order valence-corrected chi connectivity index (χ3v) is 5.89. The highest BCUT2D eigenvalue weighted by Gasteiger charge is 2.11. The van der Waals surface area contributed by atoms with Crippen LogP contribution in [-0.2, 0) is 0 Å². The first-order valence-corrected chi connectivity index (χ1v) is 11.4. The van der Waals surface area contributed by atoms with Gasteiger partial charge in [-0.05, 0) is 62.8 Å². The molecule has 0 fully saturated rings. The summed E-state index contributed by atoms with van der Waals surface area (Å²) in [6, 6.07) is 27.5. The Kier molecular flexibility index (Phi) is 4.26. The number of benzene rings is 5. The quantitative estimate of drug-likeness (QED) is 0.257. The molecule has 6 rings (SSSR count). The van der Waals surface area contributed by atoms with Crippen LogP contribution in [-0.4, -0.2) is 15.0 Å². The summed E-state index contributed by atoms with van der Waals surface area (Å²) in [7, 11) is 0. The summed E-state index contributed by atoms with van der Waals surface area (Å²) in [6.45, 7) is 0. The van der Waals surface area contributed by atoms with Crippen molar-refractivity contribution in [3.05, 3.63) is 126 Å². The van der Waals surface area contributed by atoms with Crippen molar-refractivity contribution in [3.8, 4) is 45.0 Å². The fourth-order valence-corrected chi connectivity index (χ4v) is 4.17. The maximum atomic E-state index is 8.29. The second-order valence-electron chi connectivity index (χ2n) is 7.98. The minimum Gasteiger partial charge on any atom is -0.208 e. The minimum atomic E-state index is -0.411. The molecule has 0 bridgehead atoms. The summed E-state index contributed by atoms with van der Waals surface area (Å²) in [5.41, 5.74) is 4.40. The molecule has 0 spiro atoms. The Morgan fingerprint density at radius 1 is 0.486 bits per heavy atom. The molecule has 35 heavy (non-hydrogen) atoms. The van der Waals surface area contributed by atoms with Gasteiger partial charge in [0.25, 0.3) is 0 Å². The molecule has 0 atom stereocenters. The van der Waals surface area contributed by atoms with E-state index in [9.17, 15) is 0 Å². The lowest BCUT2D eigenvalue weighted by atomic mass is 10.00. The smallest absolute Gasteiger partial charge is 0.208 e. The molecule has 0 unspecified atom stereocenters. The van der Waals surface area contributed by atoms with Crippen molar-refractivity contribution in [3.63, 3.8) is 0 Å². The monoisotopic (exact) mass is 474 g/mol. The highest BCUT2D eigenvalue weighted by molar-refractivity contribution is 6.28. The summed E-state index contributed by atoms with van der Waals surface area (Å²) >= 11 is 6.34. The zero-order valence-electron chi connectivity index (χ0n) is 23.4. The highest BCUT2D eigenvalue weighted by Crippen LogP contribution is 2.29.